The molecule has 0 fully saturated rings. The van der Waals surface area contributed by atoms with Gasteiger partial charge in [0.25, 0.3) is 5.91 Å². The largest absolute Gasteiger partial charge is 0.493 e. The van der Waals surface area contributed by atoms with Crippen molar-refractivity contribution in [2.45, 2.75) is 25.0 Å². The van der Waals surface area contributed by atoms with E-state index >= 15 is 0 Å². The van der Waals surface area contributed by atoms with Crippen molar-refractivity contribution in [1.82, 2.24) is 5.32 Å². The van der Waals surface area contributed by atoms with Crippen LogP contribution in [-0.4, -0.2) is 28.0 Å². The van der Waals surface area contributed by atoms with Gasteiger partial charge in [-0.25, -0.2) is 13.6 Å². The predicted octanol–water partition coefficient (Wildman–Crippen LogP) is 2.18. The Morgan fingerprint density at radius 2 is 1.89 bits per heavy atom. The number of aryl methyl sites for hydroxylation is 1. The van der Waals surface area contributed by atoms with Gasteiger partial charge in [-0.05, 0) is 42.3 Å². The summed E-state index contributed by atoms with van der Waals surface area (Å²) >= 11 is 0. The van der Waals surface area contributed by atoms with E-state index in [9.17, 15) is 22.0 Å². The molecule has 0 heterocycles. The molecule has 10 heteroatoms. The highest BCUT2D eigenvalue weighted by Crippen LogP contribution is 2.29. The van der Waals surface area contributed by atoms with Gasteiger partial charge in [0, 0.05) is 12.1 Å². The highest BCUT2D eigenvalue weighted by molar-refractivity contribution is 7.89. The molecule has 27 heavy (non-hydrogen) atoms. The van der Waals surface area contributed by atoms with Crippen molar-refractivity contribution < 1.29 is 31.5 Å². The third-order valence-electron chi connectivity index (χ3n) is 3.68. The molecule has 0 aliphatic heterocycles. The number of nitrogens with two attached hydrogens (primary N) is 1. The van der Waals surface area contributed by atoms with E-state index in [-0.39, 0.29) is 28.5 Å². The normalized spacial score (nSPS) is 11.3. The Morgan fingerprint density at radius 3 is 2.48 bits per heavy atom. The molecule has 3 N–H and O–H groups in total. The van der Waals surface area contributed by atoms with Crippen LogP contribution in [0.15, 0.2) is 41.3 Å². The average molecular weight is 400 g/mol. The molecule has 2 rings (SSSR count). The Morgan fingerprint density at radius 1 is 1.19 bits per heavy atom. The van der Waals surface area contributed by atoms with E-state index in [4.69, 9.17) is 9.88 Å². The molecule has 0 aromatic heterocycles. The molecule has 7 nitrogen and oxygen atoms in total. The lowest BCUT2D eigenvalue weighted by atomic mass is 10.1. The maximum absolute atomic E-state index is 12.5. The summed E-state index contributed by atoms with van der Waals surface area (Å²) in [6.45, 7) is -1.38. The molecule has 0 radical (unpaired) electrons. The number of carbonyl (C=O) groups excluding carboxylic acids is 1. The molecule has 0 spiro atoms. The summed E-state index contributed by atoms with van der Waals surface area (Å²) in [6, 6.07) is 8.28. The predicted molar refractivity (Wildman–Crippen MR) is 93.3 cm³/mol. The summed E-state index contributed by atoms with van der Waals surface area (Å²) in [5.74, 6) is -0.570. The third-order valence-corrected chi connectivity index (χ3v) is 4.59. The van der Waals surface area contributed by atoms with Gasteiger partial charge in [-0.15, -0.1) is 0 Å². The lowest BCUT2D eigenvalue weighted by molar-refractivity contribution is -0.0512. The van der Waals surface area contributed by atoms with Crippen LogP contribution >= 0.6 is 0 Å². The van der Waals surface area contributed by atoms with Crippen LogP contribution in [0, 0.1) is 6.92 Å². The van der Waals surface area contributed by atoms with Crippen LogP contribution < -0.4 is 19.9 Å². The summed E-state index contributed by atoms with van der Waals surface area (Å²) in [6.07, 6.45) is 0. The standard InChI is InChI=1S/C17H18F2N2O5S/c1-10-3-5-12(27(20,23)24)8-13(10)16(22)21-9-11-4-6-14(25-2)15(7-11)26-17(18)19/h3-8,17H,9H2,1-2H3,(H,21,22)(H2,20,23,24). The Balaban J connectivity index is 2.18. The monoisotopic (exact) mass is 400 g/mol. The van der Waals surface area contributed by atoms with Crippen LogP contribution in [0.2, 0.25) is 0 Å². The minimum atomic E-state index is -3.95. The number of alkyl halides is 2. The number of hydrogen-bond donors (Lipinski definition) is 2. The number of ether oxygens (including phenoxy) is 2. The zero-order valence-corrected chi connectivity index (χ0v) is 15.3. The Kier molecular flexibility index (Phi) is 6.34. The smallest absolute Gasteiger partial charge is 0.387 e. The van der Waals surface area contributed by atoms with Gasteiger partial charge in [-0.2, -0.15) is 8.78 Å². The minimum Gasteiger partial charge on any atom is -0.493 e. The second kappa shape index (κ2) is 8.31. The number of halogens is 2. The Labute approximate surface area is 155 Å². The fourth-order valence-corrected chi connectivity index (χ4v) is 2.86. The molecule has 0 atom stereocenters. The summed E-state index contributed by atoms with van der Waals surface area (Å²) in [5, 5.41) is 7.67. The van der Waals surface area contributed by atoms with Crippen LogP contribution in [0.25, 0.3) is 0 Å². The molecule has 0 aliphatic carbocycles. The van der Waals surface area contributed by atoms with Crippen molar-refractivity contribution >= 4 is 15.9 Å². The van der Waals surface area contributed by atoms with E-state index in [2.05, 4.69) is 10.1 Å². The van der Waals surface area contributed by atoms with Gasteiger partial charge < -0.3 is 14.8 Å². The van der Waals surface area contributed by atoms with E-state index < -0.39 is 22.5 Å². The van der Waals surface area contributed by atoms with Gasteiger partial charge in [-0.1, -0.05) is 12.1 Å². The molecular formula is C17H18F2N2O5S. The van der Waals surface area contributed by atoms with Gasteiger partial charge >= 0.3 is 6.61 Å². The van der Waals surface area contributed by atoms with E-state index in [1.54, 1.807) is 13.0 Å². The van der Waals surface area contributed by atoms with E-state index in [1.165, 1.54) is 37.4 Å². The fraction of sp³-hybridized carbons (Fsp3) is 0.235. The lowest BCUT2D eigenvalue weighted by Crippen LogP contribution is -2.24. The molecule has 0 bridgehead atoms. The number of amides is 1. The van der Waals surface area contributed by atoms with Crippen LogP contribution in [0.1, 0.15) is 21.5 Å². The number of hydrogen-bond acceptors (Lipinski definition) is 5. The second-order valence-corrected chi connectivity index (χ2v) is 7.13. The van der Waals surface area contributed by atoms with Gasteiger partial charge in [0.1, 0.15) is 0 Å². The van der Waals surface area contributed by atoms with Crippen LogP contribution in [0.5, 0.6) is 11.5 Å². The third kappa shape index (κ3) is 5.38. The molecule has 0 saturated heterocycles. The molecule has 2 aromatic rings. The molecular weight excluding hydrogens is 382 g/mol. The lowest BCUT2D eigenvalue weighted by Gasteiger charge is -2.13. The van der Waals surface area contributed by atoms with E-state index in [1.807, 2.05) is 0 Å². The van der Waals surface area contributed by atoms with Crippen molar-refractivity contribution in [3.8, 4) is 11.5 Å². The summed E-state index contributed by atoms with van der Waals surface area (Å²) in [5.41, 5.74) is 1.18. The molecule has 0 unspecified atom stereocenters. The quantitative estimate of drug-likeness (QED) is 0.741. The van der Waals surface area contributed by atoms with Crippen LogP contribution in [0.3, 0.4) is 0 Å². The highest BCUT2D eigenvalue weighted by atomic mass is 32.2. The highest BCUT2D eigenvalue weighted by Gasteiger charge is 2.16. The molecule has 1 amide bonds. The number of methoxy groups -OCH3 is 1. The average Bonchev–Trinajstić information content (AvgIpc) is 2.58. The summed E-state index contributed by atoms with van der Waals surface area (Å²) in [4.78, 5) is 12.2. The van der Waals surface area contributed by atoms with Crippen LogP contribution in [-0.2, 0) is 16.6 Å². The van der Waals surface area contributed by atoms with Gasteiger partial charge in [0.15, 0.2) is 11.5 Å². The van der Waals surface area contributed by atoms with Crippen molar-refractivity contribution in [1.29, 1.82) is 0 Å². The van der Waals surface area contributed by atoms with E-state index in [0.717, 1.165) is 0 Å². The van der Waals surface area contributed by atoms with Gasteiger partial charge in [-0.3, -0.25) is 4.79 Å². The van der Waals surface area contributed by atoms with Crippen molar-refractivity contribution in [3.63, 3.8) is 0 Å². The van der Waals surface area contributed by atoms with Crippen molar-refractivity contribution in [2.75, 3.05) is 7.11 Å². The molecule has 2 aromatic carbocycles. The number of nitrogens with one attached hydrogen (secondary N) is 1. The first kappa shape index (κ1) is 20.6. The molecule has 146 valence electrons. The van der Waals surface area contributed by atoms with E-state index in [0.29, 0.717) is 11.1 Å². The fourth-order valence-electron chi connectivity index (χ4n) is 2.32. The first-order valence-corrected chi connectivity index (χ1v) is 9.20. The van der Waals surface area contributed by atoms with Gasteiger partial charge in [0.2, 0.25) is 10.0 Å². The SMILES string of the molecule is COc1ccc(CNC(=O)c2cc(S(N)(=O)=O)ccc2C)cc1OC(F)F. The number of carbonyl (C=O) groups is 1. The second-order valence-electron chi connectivity index (χ2n) is 5.57. The van der Waals surface area contributed by atoms with Crippen LogP contribution in [0.4, 0.5) is 8.78 Å². The number of rotatable bonds is 7. The van der Waals surface area contributed by atoms with Gasteiger partial charge in [0.05, 0.1) is 12.0 Å². The molecule has 0 aliphatic rings. The first-order chi connectivity index (χ1) is 12.6. The zero-order chi connectivity index (χ0) is 20.2. The molecule has 0 saturated carbocycles. The number of primary sulfonamides is 1. The maximum Gasteiger partial charge on any atom is 0.387 e. The Bertz CT molecular complexity index is 948. The number of sulfonamides is 1. The first-order valence-electron chi connectivity index (χ1n) is 7.65. The zero-order valence-electron chi connectivity index (χ0n) is 14.5. The Hall–Kier alpha value is -2.72. The summed E-state index contributed by atoms with van der Waals surface area (Å²) < 4.78 is 57.2. The topological polar surface area (TPSA) is 108 Å². The maximum atomic E-state index is 12.5. The van der Waals surface area contributed by atoms with Crippen molar-refractivity contribution in [2.24, 2.45) is 5.14 Å². The number of benzene rings is 2. The van der Waals surface area contributed by atoms with Crippen molar-refractivity contribution in [3.05, 3.63) is 53.1 Å². The minimum absolute atomic E-state index is 0.00146. The summed E-state index contributed by atoms with van der Waals surface area (Å²) in [7, 11) is -2.63.